The van der Waals surface area contributed by atoms with Gasteiger partial charge in [0.2, 0.25) is 11.6 Å². The number of phenolic OH excluding ortho intramolecular Hbond substituents is 1. The van der Waals surface area contributed by atoms with Gasteiger partial charge in [-0.05, 0) is 39.8 Å². The van der Waals surface area contributed by atoms with Crippen molar-refractivity contribution in [3.8, 4) is 5.75 Å². The molecule has 2 heterocycles. The fourth-order valence-corrected chi connectivity index (χ4v) is 3.42. The van der Waals surface area contributed by atoms with E-state index in [4.69, 9.17) is 4.63 Å². The van der Waals surface area contributed by atoms with E-state index in [1.54, 1.807) is 24.3 Å². The molecule has 0 saturated heterocycles. The number of hydrogen-bond donors (Lipinski definition) is 3. The largest absolute Gasteiger partial charge is 0.508 e. The molecular formula is C17H18N4O3. The second-order valence-corrected chi connectivity index (χ2v) is 7.09. The monoisotopic (exact) mass is 326 g/mol. The number of aromatic hydroxyl groups is 1. The predicted octanol–water partition coefficient (Wildman–Crippen LogP) is 3.00. The third-order valence-corrected chi connectivity index (χ3v) is 4.47. The molecule has 1 aromatic heterocycles. The van der Waals surface area contributed by atoms with Gasteiger partial charge in [-0.15, -0.1) is 0 Å². The maximum atomic E-state index is 12.9. The smallest absolute Gasteiger partial charge is 0.219 e. The number of nitrogens with one attached hydrogen (secondary N) is 2. The second kappa shape index (κ2) is 5.09. The number of carbonyl (C=O) groups excluding carboxylic acids is 1. The van der Waals surface area contributed by atoms with Crippen molar-refractivity contribution in [1.82, 2.24) is 10.3 Å². The Hall–Kier alpha value is -2.83. The molecule has 1 aromatic carbocycles. The van der Waals surface area contributed by atoms with Gasteiger partial charge in [-0.3, -0.25) is 4.79 Å². The minimum absolute atomic E-state index is 0.0985. The summed E-state index contributed by atoms with van der Waals surface area (Å²) < 4.78 is 4.81. The quantitative estimate of drug-likeness (QED) is 0.740. The van der Waals surface area contributed by atoms with Crippen molar-refractivity contribution >= 4 is 17.4 Å². The van der Waals surface area contributed by atoms with Crippen LogP contribution in [0.2, 0.25) is 0 Å². The van der Waals surface area contributed by atoms with Gasteiger partial charge in [0.1, 0.15) is 5.75 Å². The van der Waals surface area contributed by atoms with Gasteiger partial charge in [0.15, 0.2) is 5.78 Å². The lowest BCUT2D eigenvalue weighted by Crippen LogP contribution is -2.31. The summed E-state index contributed by atoms with van der Waals surface area (Å²) in [6.45, 7) is 4.15. The van der Waals surface area contributed by atoms with Crippen molar-refractivity contribution in [1.29, 1.82) is 0 Å². The standard InChI is InChI=1S/C17H18N4O3/c1-17(2)7-11-13(12(23)8-17)14(9-3-5-10(22)6-4-9)19-16-15(18-11)20-24-21-16/h3-6,14,22H,7-8H2,1-2H3,(H,18,20)(H,19,21). The number of Topliss-reactive ketones (excluding diaryl/α,β-unsaturated/α-hetero) is 1. The molecule has 3 N–H and O–H groups in total. The summed E-state index contributed by atoms with van der Waals surface area (Å²) in [4.78, 5) is 12.9. The molecule has 124 valence electrons. The lowest BCUT2D eigenvalue weighted by molar-refractivity contribution is -0.118. The first-order valence-electron chi connectivity index (χ1n) is 7.84. The molecule has 2 aliphatic rings. The van der Waals surface area contributed by atoms with E-state index >= 15 is 0 Å². The van der Waals surface area contributed by atoms with Crippen molar-refractivity contribution in [3.05, 3.63) is 41.1 Å². The molecule has 0 bridgehead atoms. The molecule has 24 heavy (non-hydrogen) atoms. The van der Waals surface area contributed by atoms with Crippen LogP contribution in [0.4, 0.5) is 11.6 Å². The average molecular weight is 326 g/mol. The SMILES string of the molecule is CC1(C)CC(=O)C2=C(C1)Nc1nonc1NC2c1ccc(O)cc1. The van der Waals surface area contributed by atoms with Crippen molar-refractivity contribution in [3.63, 3.8) is 0 Å². The van der Waals surface area contributed by atoms with Gasteiger partial charge in [0, 0.05) is 17.7 Å². The van der Waals surface area contributed by atoms with Crippen molar-refractivity contribution in [2.24, 2.45) is 5.41 Å². The number of rotatable bonds is 1. The first-order valence-corrected chi connectivity index (χ1v) is 7.84. The summed E-state index contributed by atoms with van der Waals surface area (Å²) in [6.07, 6.45) is 1.22. The third kappa shape index (κ3) is 2.42. The molecule has 2 aromatic rings. The number of benzene rings is 1. The van der Waals surface area contributed by atoms with E-state index in [2.05, 4.69) is 34.8 Å². The van der Waals surface area contributed by atoms with E-state index in [-0.39, 0.29) is 23.0 Å². The van der Waals surface area contributed by atoms with Crippen molar-refractivity contribution in [2.75, 3.05) is 10.6 Å². The highest BCUT2D eigenvalue weighted by Gasteiger charge is 2.39. The third-order valence-electron chi connectivity index (χ3n) is 4.47. The number of hydrogen-bond acceptors (Lipinski definition) is 7. The van der Waals surface area contributed by atoms with Gasteiger partial charge in [0.05, 0.1) is 6.04 Å². The summed E-state index contributed by atoms with van der Waals surface area (Å²) in [6, 6.07) is 6.43. The number of fused-ring (bicyclic) bond motifs is 1. The lowest BCUT2D eigenvalue weighted by Gasteiger charge is -2.33. The van der Waals surface area contributed by atoms with E-state index in [1.807, 2.05) is 0 Å². The van der Waals surface area contributed by atoms with E-state index in [1.165, 1.54) is 0 Å². The minimum Gasteiger partial charge on any atom is -0.508 e. The fraction of sp³-hybridized carbons (Fsp3) is 0.353. The number of aromatic nitrogens is 2. The van der Waals surface area contributed by atoms with Gasteiger partial charge in [-0.25, -0.2) is 4.63 Å². The maximum Gasteiger partial charge on any atom is 0.219 e. The molecule has 7 nitrogen and oxygen atoms in total. The van der Waals surface area contributed by atoms with Crippen molar-refractivity contribution < 1.29 is 14.5 Å². The Morgan fingerprint density at radius 1 is 1.17 bits per heavy atom. The summed E-state index contributed by atoms with van der Waals surface area (Å²) in [7, 11) is 0. The molecule has 1 unspecified atom stereocenters. The van der Waals surface area contributed by atoms with Gasteiger partial charge in [-0.2, -0.15) is 0 Å². The van der Waals surface area contributed by atoms with Crippen LogP contribution in [0.1, 0.15) is 38.3 Å². The molecule has 1 aliphatic carbocycles. The molecule has 7 heteroatoms. The summed E-state index contributed by atoms with van der Waals surface area (Å²) in [5.74, 6) is 1.23. The Bertz CT molecular complexity index is 836. The normalized spacial score (nSPS) is 22.1. The molecule has 0 saturated carbocycles. The summed E-state index contributed by atoms with van der Waals surface area (Å²) in [5.41, 5.74) is 2.28. The van der Waals surface area contributed by atoms with E-state index in [0.717, 1.165) is 17.7 Å². The number of allylic oxidation sites excluding steroid dienone is 1. The first kappa shape index (κ1) is 14.7. The van der Waals surface area contributed by atoms with Crippen LogP contribution in [0.5, 0.6) is 5.75 Å². The van der Waals surface area contributed by atoms with Crippen LogP contribution in [-0.2, 0) is 4.79 Å². The fourth-order valence-electron chi connectivity index (χ4n) is 3.42. The molecule has 1 aliphatic heterocycles. The Kier molecular flexibility index (Phi) is 3.13. The minimum atomic E-state index is -0.371. The van der Waals surface area contributed by atoms with Crippen LogP contribution in [0, 0.1) is 5.41 Å². The molecule has 0 amide bonds. The van der Waals surface area contributed by atoms with Crippen LogP contribution in [0.15, 0.2) is 40.2 Å². The number of nitrogens with zero attached hydrogens (tertiary/aromatic N) is 2. The van der Waals surface area contributed by atoms with Gasteiger partial charge >= 0.3 is 0 Å². The van der Waals surface area contributed by atoms with Crippen LogP contribution in [0.25, 0.3) is 0 Å². The number of anilines is 2. The Morgan fingerprint density at radius 3 is 2.62 bits per heavy atom. The number of carbonyl (C=O) groups is 1. The predicted molar refractivity (Wildman–Crippen MR) is 87.4 cm³/mol. The number of ketones is 1. The number of phenols is 1. The van der Waals surface area contributed by atoms with Crippen molar-refractivity contribution in [2.45, 2.75) is 32.7 Å². The second-order valence-electron chi connectivity index (χ2n) is 7.09. The van der Waals surface area contributed by atoms with Crippen LogP contribution in [-0.4, -0.2) is 21.2 Å². The molecular weight excluding hydrogens is 308 g/mol. The topological polar surface area (TPSA) is 100 Å². The lowest BCUT2D eigenvalue weighted by atomic mass is 9.73. The molecule has 0 radical (unpaired) electrons. The highest BCUT2D eigenvalue weighted by Crippen LogP contribution is 2.44. The Balaban J connectivity index is 1.86. The van der Waals surface area contributed by atoms with Crippen LogP contribution < -0.4 is 10.6 Å². The average Bonchev–Trinajstić information content (AvgIpc) is 2.86. The summed E-state index contributed by atoms with van der Waals surface area (Å²) in [5, 5.41) is 23.8. The maximum absolute atomic E-state index is 12.9. The van der Waals surface area contributed by atoms with Gasteiger partial charge in [-0.1, -0.05) is 26.0 Å². The Labute approximate surface area is 138 Å². The van der Waals surface area contributed by atoms with E-state index < -0.39 is 0 Å². The van der Waals surface area contributed by atoms with Gasteiger partial charge < -0.3 is 15.7 Å². The molecule has 1 atom stereocenters. The first-order chi connectivity index (χ1) is 11.4. The Morgan fingerprint density at radius 2 is 1.88 bits per heavy atom. The van der Waals surface area contributed by atoms with Crippen LogP contribution in [0.3, 0.4) is 0 Å². The zero-order chi connectivity index (χ0) is 16.9. The van der Waals surface area contributed by atoms with Gasteiger partial charge in [0.25, 0.3) is 0 Å². The zero-order valence-corrected chi connectivity index (χ0v) is 13.5. The summed E-state index contributed by atoms with van der Waals surface area (Å²) >= 11 is 0. The molecule has 4 rings (SSSR count). The van der Waals surface area contributed by atoms with E-state index in [0.29, 0.717) is 23.6 Å². The molecule has 0 fully saturated rings. The van der Waals surface area contributed by atoms with Crippen LogP contribution >= 0.6 is 0 Å². The molecule has 0 spiro atoms. The highest BCUT2D eigenvalue weighted by molar-refractivity contribution is 6.00. The van der Waals surface area contributed by atoms with E-state index in [9.17, 15) is 9.90 Å². The zero-order valence-electron chi connectivity index (χ0n) is 13.5. The highest BCUT2D eigenvalue weighted by atomic mass is 16.6.